The molecule has 0 bridgehead atoms. The second kappa shape index (κ2) is 11.4. The molecular weight excluding hydrogens is 534 g/mol. The zero-order chi connectivity index (χ0) is 26.3. The van der Waals surface area contributed by atoms with Crippen molar-refractivity contribution in [3.05, 3.63) is 65.7 Å². The fourth-order valence-electron chi connectivity index (χ4n) is 6.83. The minimum absolute atomic E-state index is 0. The summed E-state index contributed by atoms with van der Waals surface area (Å²) in [4.78, 5) is 18.0. The number of methoxy groups -OCH3 is 1. The van der Waals surface area contributed by atoms with Crippen molar-refractivity contribution < 1.29 is 17.9 Å². The van der Waals surface area contributed by atoms with Gasteiger partial charge in [-0.2, -0.15) is 0 Å². The van der Waals surface area contributed by atoms with Crippen LogP contribution in [0.5, 0.6) is 5.75 Å². The lowest BCUT2D eigenvalue weighted by molar-refractivity contribution is -0.139. The van der Waals surface area contributed by atoms with E-state index in [2.05, 4.69) is 29.2 Å². The fourth-order valence-corrected chi connectivity index (χ4v) is 8.75. The van der Waals surface area contributed by atoms with Gasteiger partial charge in [-0.1, -0.05) is 42.5 Å². The van der Waals surface area contributed by atoms with Crippen molar-refractivity contribution in [2.24, 2.45) is 11.3 Å². The number of halogens is 1. The first-order valence-corrected chi connectivity index (χ1v) is 15.6. The molecule has 3 aliphatic heterocycles. The molecule has 2 unspecified atom stereocenters. The maximum absolute atomic E-state index is 13.5. The highest BCUT2D eigenvalue weighted by atomic mass is 35.5. The molecule has 1 spiro atoms. The zero-order valence-electron chi connectivity index (χ0n) is 22.7. The minimum Gasteiger partial charge on any atom is -0.497 e. The van der Waals surface area contributed by atoms with Crippen LogP contribution in [0.3, 0.4) is 0 Å². The van der Waals surface area contributed by atoms with Crippen LogP contribution in [0.15, 0.2) is 54.6 Å². The van der Waals surface area contributed by atoms with Crippen molar-refractivity contribution in [2.45, 2.75) is 49.8 Å². The van der Waals surface area contributed by atoms with E-state index in [0.717, 1.165) is 69.6 Å². The van der Waals surface area contributed by atoms with E-state index in [9.17, 15) is 13.2 Å². The highest BCUT2D eigenvalue weighted by Crippen LogP contribution is 2.44. The van der Waals surface area contributed by atoms with Crippen LogP contribution in [-0.4, -0.2) is 80.1 Å². The zero-order valence-corrected chi connectivity index (χ0v) is 24.3. The molecule has 39 heavy (non-hydrogen) atoms. The lowest BCUT2D eigenvalue weighted by Gasteiger charge is -2.39. The molecule has 6 rings (SSSR count). The van der Waals surface area contributed by atoms with E-state index in [1.54, 1.807) is 11.4 Å². The van der Waals surface area contributed by atoms with Crippen LogP contribution in [0.1, 0.15) is 49.1 Å². The third-order valence-electron chi connectivity index (χ3n) is 9.38. The van der Waals surface area contributed by atoms with Gasteiger partial charge in [-0.15, -0.1) is 12.4 Å². The van der Waals surface area contributed by atoms with Crippen LogP contribution in [0.25, 0.3) is 0 Å². The second-order valence-electron chi connectivity index (χ2n) is 11.7. The Labute approximate surface area is 239 Å². The van der Waals surface area contributed by atoms with Crippen LogP contribution in [0.4, 0.5) is 0 Å². The lowest BCUT2D eigenvalue weighted by Crippen LogP contribution is -2.46. The Balaban J connectivity index is 0.00000308. The molecule has 4 fully saturated rings. The summed E-state index contributed by atoms with van der Waals surface area (Å²) < 4.78 is 33.2. The number of amides is 1. The Kier molecular flexibility index (Phi) is 8.30. The number of rotatable bonds is 8. The molecule has 0 aromatic heterocycles. The predicted molar refractivity (Wildman–Crippen MR) is 155 cm³/mol. The number of carbonyl (C=O) groups is 1. The van der Waals surface area contributed by atoms with Crippen LogP contribution < -0.4 is 4.74 Å². The number of carbonyl (C=O) groups excluding carboxylic acids is 1. The molecule has 1 amide bonds. The Bertz CT molecular complexity index is 1240. The van der Waals surface area contributed by atoms with Gasteiger partial charge in [0.1, 0.15) is 5.75 Å². The summed E-state index contributed by atoms with van der Waals surface area (Å²) in [5.41, 5.74) is 2.13. The average Bonchev–Trinajstić information content (AvgIpc) is 3.67. The number of hydrogen-bond acceptors (Lipinski definition) is 5. The number of ether oxygens (including phenoxy) is 1. The summed E-state index contributed by atoms with van der Waals surface area (Å²) in [6.07, 6.45) is 4.31. The average molecular weight is 574 g/mol. The molecule has 4 aliphatic rings. The number of piperidine rings is 1. The summed E-state index contributed by atoms with van der Waals surface area (Å²) in [7, 11) is -1.52. The van der Waals surface area contributed by atoms with Crippen molar-refractivity contribution in [1.82, 2.24) is 14.1 Å². The van der Waals surface area contributed by atoms with Crippen LogP contribution in [0.2, 0.25) is 0 Å². The van der Waals surface area contributed by atoms with E-state index in [1.165, 1.54) is 5.56 Å². The van der Waals surface area contributed by atoms with Crippen LogP contribution >= 0.6 is 12.4 Å². The standard InChI is InChI=1S/C30H39N3O4S.ClH/c1-37-26-9-7-23(8-10-26)19-32-18-15-30(29(32)34)13-16-31(17-14-30)20-25-21-33(38(35,36)27-11-12-27)22-28(25)24-5-3-2-4-6-24;/h2-10,25,27-28H,11-22H2,1H3;1H. The first kappa shape index (κ1) is 28.4. The summed E-state index contributed by atoms with van der Waals surface area (Å²) in [5, 5.41) is -0.165. The van der Waals surface area contributed by atoms with Gasteiger partial charge in [-0.3, -0.25) is 4.79 Å². The van der Waals surface area contributed by atoms with Gasteiger partial charge in [0.15, 0.2) is 0 Å². The first-order valence-electron chi connectivity index (χ1n) is 14.1. The maximum Gasteiger partial charge on any atom is 0.229 e. The number of benzene rings is 2. The molecule has 2 atom stereocenters. The van der Waals surface area contributed by atoms with Gasteiger partial charge in [0.05, 0.1) is 17.8 Å². The van der Waals surface area contributed by atoms with E-state index in [0.29, 0.717) is 25.5 Å². The van der Waals surface area contributed by atoms with Gasteiger partial charge >= 0.3 is 0 Å². The normalized spacial score (nSPS) is 25.7. The number of nitrogens with zero attached hydrogens (tertiary/aromatic N) is 3. The fraction of sp³-hybridized carbons (Fsp3) is 0.567. The number of hydrogen-bond donors (Lipinski definition) is 0. The monoisotopic (exact) mass is 573 g/mol. The number of sulfonamides is 1. The van der Waals surface area contributed by atoms with Crippen molar-refractivity contribution in [3.63, 3.8) is 0 Å². The van der Waals surface area contributed by atoms with E-state index >= 15 is 0 Å². The third-order valence-corrected chi connectivity index (χ3v) is 11.7. The quantitative estimate of drug-likeness (QED) is 0.475. The lowest BCUT2D eigenvalue weighted by atomic mass is 9.76. The molecule has 3 saturated heterocycles. The van der Waals surface area contributed by atoms with Gasteiger partial charge < -0.3 is 14.5 Å². The molecule has 7 nitrogen and oxygen atoms in total. The van der Waals surface area contributed by atoms with E-state index in [1.807, 2.05) is 35.2 Å². The summed E-state index contributed by atoms with van der Waals surface area (Å²) in [6, 6.07) is 18.4. The van der Waals surface area contributed by atoms with Gasteiger partial charge in [-0.25, -0.2) is 12.7 Å². The molecule has 0 radical (unpaired) electrons. The Morgan fingerprint density at radius 1 is 0.923 bits per heavy atom. The van der Waals surface area contributed by atoms with Crippen molar-refractivity contribution in [2.75, 3.05) is 46.4 Å². The summed E-state index contributed by atoms with van der Waals surface area (Å²) >= 11 is 0. The summed E-state index contributed by atoms with van der Waals surface area (Å²) in [5.74, 6) is 1.62. The van der Waals surface area contributed by atoms with Crippen LogP contribution in [-0.2, 0) is 21.4 Å². The highest BCUT2D eigenvalue weighted by Gasteiger charge is 2.49. The first-order chi connectivity index (χ1) is 18.4. The molecular formula is C30H40ClN3O4S. The van der Waals surface area contributed by atoms with Crippen molar-refractivity contribution in [3.8, 4) is 5.75 Å². The van der Waals surface area contributed by atoms with Gasteiger partial charge in [0, 0.05) is 38.6 Å². The van der Waals surface area contributed by atoms with E-state index in [4.69, 9.17) is 4.74 Å². The SMILES string of the molecule is COc1ccc(CN2CCC3(CCN(CC4CN(S(=O)(=O)C5CC5)CC4c4ccccc4)CC3)C2=O)cc1.Cl. The van der Waals surface area contributed by atoms with E-state index < -0.39 is 10.0 Å². The smallest absolute Gasteiger partial charge is 0.229 e. The Morgan fingerprint density at radius 3 is 2.23 bits per heavy atom. The molecule has 2 aromatic carbocycles. The van der Waals surface area contributed by atoms with Crippen molar-refractivity contribution in [1.29, 1.82) is 0 Å². The summed E-state index contributed by atoms with van der Waals surface area (Å²) in [6.45, 7) is 5.35. The molecule has 212 valence electrons. The Hall–Kier alpha value is -2.13. The third kappa shape index (κ3) is 5.71. The molecule has 1 saturated carbocycles. The minimum atomic E-state index is -3.18. The van der Waals surface area contributed by atoms with Gasteiger partial charge in [0.25, 0.3) is 0 Å². The van der Waals surface area contributed by atoms with Gasteiger partial charge in [0.2, 0.25) is 15.9 Å². The van der Waals surface area contributed by atoms with Gasteiger partial charge in [-0.05, 0) is 74.4 Å². The molecule has 9 heteroatoms. The van der Waals surface area contributed by atoms with Crippen LogP contribution in [0, 0.1) is 11.3 Å². The maximum atomic E-state index is 13.5. The molecule has 0 N–H and O–H groups in total. The molecule has 1 aliphatic carbocycles. The topological polar surface area (TPSA) is 70.2 Å². The largest absolute Gasteiger partial charge is 0.497 e. The second-order valence-corrected chi connectivity index (χ2v) is 14.0. The number of likely N-dealkylation sites (tertiary alicyclic amines) is 2. The predicted octanol–water partition coefficient (Wildman–Crippen LogP) is 4.14. The highest BCUT2D eigenvalue weighted by molar-refractivity contribution is 7.90. The molecule has 2 aromatic rings. The van der Waals surface area contributed by atoms with E-state index in [-0.39, 0.29) is 34.9 Å². The Morgan fingerprint density at radius 2 is 1.59 bits per heavy atom. The molecule has 3 heterocycles. The van der Waals surface area contributed by atoms with Crippen molar-refractivity contribution >= 4 is 28.3 Å².